The summed E-state index contributed by atoms with van der Waals surface area (Å²) in [5.74, 6) is -0.183. The topological polar surface area (TPSA) is 76.9 Å². The van der Waals surface area contributed by atoms with Crippen LogP contribution in [0.2, 0.25) is 0 Å². The number of anilines is 1. The van der Waals surface area contributed by atoms with Gasteiger partial charge in [0, 0.05) is 18.3 Å². The van der Waals surface area contributed by atoms with Crippen LogP contribution in [0.4, 0.5) is 5.13 Å². The summed E-state index contributed by atoms with van der Waals surface area (Å²) in [4.78, 5) is 34.3. The van der Waals surface area contributed by atoms with E-state index in [1.165, 1.54) is 22.2 Å². The zero-order valence-electron chi connectivity index (χ0n) is 13.6. The molecular weight excluding hydrogens is 368 g/mol. The summed E-state index contributed by atoms with van der Waals surface area (Å²) in [5.41, 5.74) is 1.37. The van der Waals surface area contributed by atoms with E-state index < -0.39 is 0 Å². The SMILES string of the molecule is O=C(CCn1cnc2ccccc2c1=O)Nc1nc(-c2cccs2)cs1. The molecule has 0 aliphatic heterocycles. The van der Waals surface area contributed by atoms with Gasteiger partial charge in [-0.2, -0.15) is 0 Å². The predicted molar refractivity (Wildman–Crippen MR) is 105 cm³/mol. The van der Waals surface area contributed by atoms with Crippen molar-refractivity contribution in [1.82, 2.24) is 14.5 Å². The first-order chi connectivity index (χ1) is 12.7. The van der Waals surface area contributed by atoms with Crippen molar-refractivity contribution in [3.63, 3.8) is 0 Å². The van der Waals surface area contributed by atoms with Crippen LogP contribution in [0.5, 0.6) is 0 Å². The summed E-state index contributed by atoms with van der Waals surface area (Å²) in [5, 5.41) is 7.80. The number of aromatic nitrogens is 3. The minimum atomic E-state index is -0.183. The van der Waals surface area contributed by atoms with E-state index in [2.05, 4.69) is 15.3 Å². The summed E-state index contributed by atoms with van der Waals surface area (Å²) in [6, 6.07) is 11.1. The standard InChI is InChI=1S/C18H14N4O2S2/c23-16(21-18-20-14(10-26-18)15-6-3-9-25-15)7-8-22-11-19-13-5-2-1-4-12(13)17(22)24/h1-6,9-11H,7-8H2,(H,20,21,23). The molecule has 4 rings (SSSR count). The lowest BCUT2D eigenvalue weighted by Gasteiger charge is -2.06. The van der Waals surface area contributed by atoms with Crippen molar-refractivity contribution in [2.75, 3.05) is 5.32 Å². The van der Waals surface area contributed by atoms with Crippen LogP contribution in [-0.4, -0.2) is 20.4 Å². The molecule has 6 nitrogen and oxygen atoms in total. The van der Waals surface area contributed by atoms with Crippen molar-refractivity contribution in [2.45, 2.75) is 13.0 Å². The van der Waals surface area contributed by atoms with Crippen LogP contribution in [0, 0.1) is 0 Å². The van der Waals surface area contributed by atoms with Crippen molar-refractivity contribution in [3.05, 3.63) is 63.8 Å². The number of nitrogens with one attached hydrogen (secondary N) is 1. The van der Waals surface area contributed by atoms with E-state index >= 15 is 0 Å². The number of amides is 1. The molecule has 0 radical (unpaired) electrons. The first kappa shape index (κ1) is 16.6. The molecule has 8 heteroatoms. The second-order valence-corrected chi connectivity index (χ2v) is 7.38. The molecule has 0 spiro atoms. The largest absolute Gasteiger partial charge is 0.302 e. The Morgan fingerprint density at radius 2 is 2.04 bits per heavy atom. The fourth-order valence-electron chi connectivity index (χ4n) is 2.54. The molecular formula is C18H14N4O2S2. The highest BCUT2D eigenvalue weighted by molar-refractivity contribution is 7.16. The Labute approximate surface area is 156 Å². The van der Waals surface area contributed by atoms with Crippen LogP contribution in [-0.2, 0) is 11.3 Å². The fraction of sp³-hybridized carbons (Fsp3) is 0.111. The van der Waals surface area contributed by atoms with Crippen LogP contribution in [0.25, 0.3) is 21.5 Å². The quantitative estimate of drug-likeness (QED) is 0.572. The predicted octanol–water partition coefficient (Wildman–Crippen LogP) is 3.61. The third-order valence-corrected chi connectivity index (χ3v) is 5.49. The van der Waals surface area contributed by atoms with Gasteiger partial charge in [0.05, 0.1) is 27.8 Å². The number of thiazole rings is 1. The fourth-order valence-corrected chi connectivity index (χ4v) is 4.03. The zero-order chi connectivity index (χ0) is 17.9. The Hall–Kier alpha value is -2.84. The van der Waals surface area contributed by atoms with E-state index in [0.717, 1.165) is 10.6 Å². The van der Waals surface area contributed by atoms with Crippen molar-refractivity contribution >= 4 is 44.6 Å². The van der Waals surface area contributed by atoms with Crippen LogP contribution in [0.15, 0.2) is 58.3 Å². The van der Waals surface area contributed by atoms with E-state index in [9.17, 15) is 9.59 Å². The van der Waals surface area contributed by atoms with Crippen molar-refractivity contribution in [2.24, 2.45) is 0 Å². The van der Waals surface area contributed by atoms with Crippen molar-refractivity contribution in [1.29, 1.82) is 0 Å². The number of hydrogen-bond donors (Lipinski definition) is 1. The molecule has 130 valence electrons. The molecule has 26 heavy (non-hydrogen) atoms. The molecule has 0 saturated carbocycles. The highest BCUT2D eigenvalue weighted by atomic mass is 32.1. The van der Waals surface area contributed by atoms with Gasteiger partial charge in [-0.05, 0) is 23.6 Å². The van der Waals surface area contributed by atoms with Gasteiger partial charge in [0.15, 0.2) is 5.13 Å². The number of benzene rings is 1. The smallest absolute Gasteiger partial charge is 0.261 e. The van der Waals surface area contributed by atoms with Crippen molar-refractivity contribution in [3.8, 4) is 10.6 Å². The molecule has 0 fully saturated rings. The Balaban J connectivity index is 1.41. The number of carbonyl (C=O) groups is 1. The maximum atomic E-state index is 12.4. The summed E-state index contributed by atoms with van der Waals surface area (Å²) in [6.45, 7) is 0.270. The third kappa shape index (κ3) is 3.42. The second kappa shape index (κ2) is 7.19. The van der Waals surface area contributed by atoms with Gasteiger partial charge in [-0.15, -0.1) is 22.7 Å². The highest BCUT2D eigenvalue weighted by Crippen LogP contribution is 2.28. The molecule has 0 atom stereocenters. The van der Waals surface area contributed by atoms with Crippen LogP contribution >= 0.6 is 22.7 Å². The summed E-state index contributed by atoms with van der Waals surface area (Å²) in [7, 11) is 0. The van der Waals surface area contributed by atoms with Crippen molar-refractivity contribution < 1.29 is 4.79 Å². The number of nitrogens with zero attached hydrogens (tertiary/aromatic N) is 3. The molecule has 1 amide bonds. The first-order valence-electron chi connectivity index (χ1n) is 7.94. The summed E-state index contributed by atoms with van der Waals surface area (Å²) < 4.78 is 1.46. The number of aryl methyl sites for hydroxylation is 1. The molecule has 3 aromatic heterocycles. The minimum Gasteiger partial charge on any atom is -0.302 e. The average Bonchev–Trinajstić information content (AvgIpc) is 3.33. The Morgan fingerprint density at radius 3 is 2.88 bits per heavy atom. The number of rotatable bonds is 5. The molecule has 0 aliphatic carbocycles. The molecule has 0 saturated heterocycles. The zero-order valence-corrected chi connectivity index (χ0v) is 15.2. The number of thiophene rings is 1. The van der Waals surface area contributed by atoms with E-state index in [1.807, 2.05) is 29.0 Å². The Kier molecular flexibility index (Phi) is 4.59. The molecule has 1 N–H and O–H groups in total. The van der Waals surface area contributed by atoms with Gasteiger partial charge in [0.2, 0.25) is 5.91 Å². The normalized spacial score (nSPS) is 10.9. The highest BCUT2D eigenvalue weighted by Gasteiger charge is 2.10. The van der Waals surface area contributed by atoms with E-state index in [0.29, 0.717) is 16.0 Å². The van der Waals surface area contributed by atoms with Gasteiger partial charge in [-0.3, -0.25) is 14.2 Å². The van der Waals surface area contributed by atoms with Crippen LogP contribution < -0.4 is 10.9 Å². The lowest BCUT2D eigenvalue weighted by Crippen LogP contribution is -2.23. The Morgan fingerprint density at radius 1 is 1.15 bits per heavy atom. The van der Waals surface area contributed by atoms with Gasteiger partial charge < -0.3 is 5.32 Å². The van der Waals surface area contributed by atoms with E-state index in [1.54, 1.807) is 29.5 Å². The second-order valence-electron chi connectivity index (χ2n) is 5.57. The molecule has 4 aromatic rings. The Bertz CT molecular complexity index is 1120. The first-order valence-corrected chi connectivity index (χ1v) is 9.70. The van der Waals surface area contributed by atoms with Gasteiger partial charge in [-0.1, -0.05) is 18.2 Å². The van der Waals surface area contributed by atoms with Crippen LogP contribution in [0.3, 0.4) is 0 Å². The molecule has 0 aliphatic rings. The van der Waals surface area contributed by atoms with Gasteiger partial charge in [-0.25, -0.2) is 9.97 Å². The van der Waals surface area contributed by atoms with Gasteiger partial charge in [0.25, 0.3) is 5.56 Å². The summed E-state index contributed by atoms with van der Waals surface area (Å²) in [6.07, 6.45) is 1.66. The van der Waals surface area contributed by atoms with Gasteiger partial charge >= 0.3 is 0 Å². The monoisotopic (exact) mass is 382 g/mol. The maximum Gasteiger partial charge on any atom is 0.261 e. The maximum absolute atomic E-state index is 12.4. The van der Waals surface area contributed by atoms with Gasteiger partial charge in [0.1, 0.15) is 0 Å². The molecule has 0 unspecified atom stereocenters. The minimum absolute atomic E-state index is 0.141. The number of hydrogen-bond acceptors (Lipinski definition) is 6. The number of carbonyl (C=O) groups excluding carboxylic acids is 1. The van der Waals surface area contributed by atoms with E-state index in [4.69, 9.17) is 0 Å². The van der Waals surface area contributed by atoms with Crippen LogP contribution in [0.1, 0.15) is 6.42 Å². The molecule has 0 bridgehead atoms. The lowest BCUT2D eigenvalue weighted by atomic mass is 10.2. The molecule has 3 heterocycles. The average molecular weight is 382 g/mol. The number of para-hydroxylation sites is 1. The lowest BCUT2D eigenvalue weighted by molar-refractivity contribution is -0.116. The number of fused-ring (bicyclic) bond motifs is 1. The van der Waals surface area contributed by atoms with E-state index in [-0.39, 0.29) is 24.4 Å². The summed E-state index contributed by atoms with van der Waals surface area (Å²) >= 11 is 2.99. The molecule has 1 aromatic carbocycles. The third-order valence-electron chi connectivity index (χ3n) is 3.84.